The average Bonchev–Trinajstić information content (AvgIpc) is 3.20. The van der Waals surface area contributed by atoms with Crippen LogP contribution < -0.4 is 15.5 Å². The van der Waals surface area contributed by atoms with Crippen LogP contribution in [0.15, 0.2) is 24.3 Å². The molecule has 1 unspecified atom stereocenters. The second-order valence-corrected chi connectivity index (χ2v) is 8.81. The summed E-state index contributed by atoms with van der Waals surface area (Å²) in [5.74, 6) is 1.83. The summed E-state index contributed by atoms with van der Waals surface area (Å²) in [6, 6.07) is 7.58. The molecule has 2 saturated heterocycles. The monoisotopic (exact) mass is 450 g/mol. The van der Waals surface area contributed by atoms with Crippen LogP contribution >= 0.6 is 0 Å². The number of hydrogen-bond acceptors (Lipinski definition) is 6. The Kier molecular flexibility index (Phi) is 5.88. The Morgan fingerprint density at radius 2 is 1.97 bits per heavy atom. The molecule has 0 radical (unpaired) electrons. The third kappa shape index (κ3) is 4.13. The number of rotatable bonds is 4. The Morgan fingerprint density at radius 1 is 1.15 bits per heavy atom. The van der Waals surface area contributed by atoms with E-state index in [4.69, 9.17) is 14.7 Å². The van der Waals surface area contributed by atoms with E-state index >= 15 is 0 Å². The molecule has 3 aliphatic rings. The van der Waals surface area contributed by atoms with E-state index in [1.54, 1.807) is 0 Å². The minimum Gasteiger partial charge on any atom is -0.377 e. The van der Waals surface area contributed by atoms with Crippen molar-refractivity contribution in [3.8, 4) is 11.4 Å². The molecule has 174 valence electrons. The number of morpholine rings is 1. The molecule has 3 amide bonds. The molecule has 2 N–H and O–H groups in total. The van der Waals surface area contributed by atoms with Crippen LogP contribution in [0.2, 0.25) is 0 Å². The van der Waals surface area contributed by atoms with Crippen LogP contribution in [0.4, 0.5) is 16.3 Å². The minimum atomic E-state index is -0.232. The van der Waals surface area contributed by atoms with Crippen molar-refractivity contribution in [1.29, 1.82) is 0 Å². The molecular weight excluding hydrogens is 420 g/mol. The van der Waals surface area contributed by atoms with E-state index in [0.29, 0.717) is 37.7 Å². The van der Waals surface area contributed by atoms with Crippen LogP contribution in [0.3, 0.4) is 0 Å². The zero-order valence-electron chi connectivity index (χ0n) is 19.1. The fourth-order valence-corrected chi connectivity index (χ4v) is 4.98. The SMILES string of the molecule is CCNC(=O)Nc1ccc(-c2nc3c(c(N4CCOCC4C)n2)CCN2C(=O)CC[C@@H]32)cc1. The maximum atomic E-state index is 12.4. The molecule has 9 heteroatoms. The molecule has 33 heavy (non-hydrogen) atoms. The van der Waals surface area contributed by atoms with Gasteiger partial charge in [-0.15, -0.1) is 0 Å². The molecule has 0 aliphatic carbocycles. The van der Waals surface area contributed by atoms with E-state index in [9.17, 15) is 9.59 Å². The largest absolute Gasteiger partial charge is 0.377 e. The van der Waals surface area contributed by atoms with E-state index in [2.05, 4.69) is 22.5 Å². The molecule has 2 atom stereocenters. The number of carbonyl (C=O) groups is 2. The van der Waals surface area contributed by atoms with Crippen molar-refractivity contribution in [1.82, 2.24) is 20.2 Å². The first-order valence-electron chi connectivity index (χ1n) is 11.7. The van der Waals surface area contributed by atoms with Crippen molar-refractivity contribution < 1.29 is 14.3 Å². The predicted octanol–water partition coefficient (Wildman–Crippen LogP) is 2.73. The van der Waals surface area contributed by atoms with Crippen LogP contribution in [-0.2, 0) is 16.0 Å². The van der Waals surface area contributed by atoms with Crippen molar-refractivity contribution in [2.75, 3.05) is 43.1 Å². The van der Waals surface area contributed by atoms with Gasteiger partial charge in [0.2, 0.25) is 5.91 Å². The molecule has 1 aromatic carbocycles. The first-order chi connectivity index (χ1) is 16.0. The van der Waals surface area contributed by atoms with E-state index in [-0.39, 0.29) is 24.0 Å². The minimum absolute atomic E-state index is 0.0248. The third-order valence-electron chi connectivity index (χ3n) is 6.64. The highest BCUT2D eigenvalue weighted by atomic mass is 16.5. The summed E-state index contributed by atoms with van der Waals surface area (Å²) in [7, 11) is 0. The molecule has 0 saturated carbocycles. The van der Waals surface area contributed by atoms with Gasteiger partial charge in [-0.3, -0.25) is 4.79 Å². The van der Waals surface area contributed by atoms with Crippen LogP contribution in [0, 0.1) is 0 Å². The number of anilines is 2. The van der Waals surface area contributed by atoms with Gasteiger partial charge in [-0.2, -0.15) is 0 Å². The highest BCUT2D eigenvalue weighted by molar-refractivity contribution is 5.89. The summed E-state index contributed by atoms with van der Waals surface area (Å²) >= 11 is 0. The summed E-state index contributed by atoms with van der Waals surface area (Å²) in [5, 5.41) is 5.54. The van der Waals surface area contributed by atoms with Gasteiger partial charge in [-0.1, -0.05) is 0 Å². The Labute approximate surface area is 193 Å². The van der Waals surface area contributed by atoms with Crippen molar-refractivity contribution in [3.05, 3.63) is 35.5 Å². The lowest BCUT2D eigenvalue weighted by atomic mass is 9.97. The fraction of sp³-hybridized carbons (Fsp3) is 0.500. The second-order valence-electron chi connectivity index (χ2n) is 8.81. The van der Waals surface area contributed by atoms with E-state index < -0.39 is 0 Å². The lowest BCUT2D eigenvalue weighted by Crippen LogP contribution is -2.45. The van der Waals surface area contributed by atoms with Gasteiger partial charge in [0, 0.05) is 42.9 Å². The van der Waals surface area contributed by atoms with Gasteiger partial charge >= 0.3 is 6.03 Å². The maximum Gasteiger partial charge on any atom is 0.319 e. The Bertz CT molecular complexity index is 1060. The van der Waals surface area contributed by atoms with Crippen molar-refractivity contribution in [2.24, 2.45) is 0 Å². The second kappa shape index (κ2) is 8.97. The Balaban J connectivity index is 1.53. The van der Waals surface area contributed by atoms with E-state index in [1.807, 2.05) is 36.1 Å². The van der Waals surface area contributed by atoms with Gasteiger partial charge in [0.25, 0.3) is 0 Å². The summed E-state index contributed by atoms with van der Waals surface area (Å²) < 4.78 is 5.66. The number of fused-ring (bicyclic) bond motifs is 3. The third-order valence-corrected chi connectivity index (χ3v) is 6.64. The Hall–Kier alpha value is -3.20. The lowest BCUT2D eigenvalue weighted by Gasteiger charge is -2.38. The number of aromatic nitrogens is 2. The van der Waals surface area contributed by atoms with Gasteiger partial charge in [0.1, 0.15) is 5.82 Å². The summed E-state index contributed by atoms with van der Waals surface area (Å²) in [6.07, 6.45) is 2.15. The topological polar surface area (TPSA) is 99.7 Å². The average molecular weight is 451 g/mol. The maximum absolute atomic E-state index is 12.4. The van der Waals surface area contributed by atoms with Gasteiger partial charge in [-0.05, 0) is 51.0 Å². The molecule has 4 heterocycles. The molecule has 5 rings (SSSR count). The van der Waals surface area contributed by atoms with Crippen molar-refractivity contribution in [3.63, 3.8) is 0 Å². The molecular formula is C24H30N6O3. The molecule has 0 bridgehead atoms. The van der Waals surface area contributed by atoms with Crippen LogP contribution in [0.1, 0.15) is 44.0 Å². The van der Waals surface area contributed by atoms with Gasteiger partial charge in [-0.25, -0.2) is 14.8 Å². The molecule has 2 aromatic rings. The molecule has 2 fully saturated rings. The summed E-state index contributed by atoms with van der Waals surface area (Å²) in [4.78, 5) is 38.6. The van der Waals surface area contributed by atoms with E-state index in [0.717, 1.165) is 48.6 Å². The lowest BCUT2D eigenvalue weighted by molar-refractivity contribution is -0.129. The normalized spacial score (nSPS) is 22.1. The number of nitrogens with zero attached hydrogens (tertiary/aromatic N) is 4. The number of nitrogens with one attached hydrogen (secondary N) is 2. The number of benzene rings is 1. The molecule has 1 aromatic heterocycles. The first-order valence-corrected chi connectivity index (χ1v) is 11.7. The molecule has 0 spiro atoms. The zero-order chi connectivity index (χ0) is 22.9. The smallest absolute Gasteiger partial charge is 0.319 e. The summed E-state index contributed by atoms with van der Waals surface area (Å²) in [6.45, 7) is 7.45. The van der Waals surface area contributed by atoms with Gasteiger partial charge in [0.05, 0.1) is 31.0 Å². The number of carbonyl (C=O) groups excluding carboxylic acids is 2. The standard InChI is InChI=1S/C24H30N6O3/c1-3-25-24(32)26-17-6-4-16(5-7-17)22-27-21-18(10-11-30-19(21)8-9-20(30)31)23(28-22)29-12-13-33-14-15(29)2/h4-7,15,19H,3,8-14H2,1-2H3,(H2,25,26,32)/t15?,19-/m0/s1. The predicted molar refractivity (Wildman–Crippen MR) is 125 cm³/mol. The summed E-state index contributed by atoms with van der Waals surface area (Å²) in [5.41, 5.74) is 3.73. The number of ether oxygens (including phenoxy) is 1. The van der Waals surface area contributed by atoms with Crippen LogP contribution in [-0.4, -0.2) is 65.7 Å². The highest BCUT2D eigenvalue weighted by Crippen LogP contribution is 2.41. The van der Waals surface area contributed by atoms with Crippen LogP contribution in [0.25, 0.3) is 11.4 Å². The zero-order valence-corrected chi connectivity index (χ0v) is 19.1. The Morgan fingerprint density at radius 3 is 2.73 bits per heavy atom. The van der Waals surface area contributed by atoms with Gasteiger partial charge in [0.15, 0.2) is 5.82 Å². The molecule has 3 aliphatic heterocycles. The van der Waals surface area contributed by atoms with Crippen molar-refractivity contribution >= 4 is 23.4 Å². The first kappa shape index (κ1) is 21.6. The molecule has 9 nitrogen and oxygen atoms in total. The highest BCUT2D eigenvalue weighted by Gasteiger charge is 2.40. The number of amides is 3. The number of urea groups is 1. The van der Waals surface area contributed by atoms with E-state index in [1.165, 1.54) is 0 Å². The van der Waals surface area contributed by atoms with Crippen LogP contribution in [0.5, 0.6) is 0 Å². The fourth-order valence-electron chi connectivity index (χ4n) is 4.98. The quantitative estimate of drug-likeness (QED) is 0.743. The number of hydrogen-bond donors (Lipinski definition) is 2. The van der Waals surface area contributed by atoms with Gasteiger partial charge < -0.3 is 25.2 Å². The van der Waals surface area contributed by atoms with Crippen molar-refractivity contribution in [2.45, 2.75) is 45.2 Å².